The van der Waals surface area contributed by atoms with Gasteiger partial charge in [-0.3, -0.25) is 4.68 Å². The molecule has 14 heavy (non-hydrogen) atoms. The third-order valence-corrected chi connectivity index (χ3v) is 3.20. The Bertz CT molecular complexity index is 323. The Hall–Kier alpha value is -0.900. The number of nitrogens with zero attached hydrogens (tertiary/aromatic N) is 3. The molecule has 2 unspecified atom stereocenters. The average molecular weight is 195 g/mol. The fourth-order valence-corrected chi connectivity index (χ4v) is 2.31. The standard InChI is InChI=1S/C10H17N3O/c1-10(4-3-8(14)5-10)6-9-11-7-12-13(9)2/h7-8,14H,3-6H2,1-2H3. The van der Waals surface area contributed by atoms with Gasteiger partial charge in [0.15, 0.2) is 0 Å². The molecule has 1 aromatic rings. The summed E-state index contributed by atoms with van der Waals surface area (Å²) >= 11 is 0. The Balaban J connectivity index is 2.07. The molecular formula is C10H17N3O. The molecule has 1 N–H and O–H groups in total. The van der Waals surface area contributed by atoms with Gasteiger partial charge in [-0.1, -0.05) is 6.92 Å². The Kier molecular flexibility index (Phi) is 2.31. The highest BCUT2D eigenvalue weighted by Crippen LogP contribution is 2.39. The molecule has 1 aromatic heterocycles. The van der Waals surface area contributed by atoms with Crippen molar-refractivity contribution in [2.24, 2.45) is 12.5 Å². The van der Waals surface area contributed by atoms with Gasteiger partial charge in [-0.2, -0.15) is 5.10 Å². The van der Waals surface area contributed by atoms with Crippen LogP contribution in [0.15, 0.2) is 6.33 Å². The van der Waals surface area contributed by atoms with E-state index in [1.807, 2.05) is 11.7 Å². The van der Waals surface area contributed by atoms with Crippen LogP contribution in [0.1, 0.15) is 32.0 Å². The van der Waals surface area contributed by atoms with Crippen LogP contribution in [0.3, 0.4) is 0 Å². The van der Waals surface area contributed by atoms with Crippen molar-refractivity contribution in [3.63, 3.8) is 0 Å². The molecule has 0 radical (unpaired) electrons. The van der Waals surface area contributed by atoms with Crippen molar-refractivity contribution < 1.29 is 5.11 Å². The van der Waals surface area contributed by atoms with Gasteiger partial charge in [-0.05, 0) is 24.7 Å². The first kappa shape index (κ1) is 9.65. The molecule has 2 rings (SSSR count). The summed E-state index contributed by atoms with van der Waals surface area (Å²) in [6.45, 7) is 2.22. The van der Waals surface area contributed by atoms with Gasteiger partial charge in [-0.15, -0.1) is 0 Å². The van der Waals surface area contributed by atoms with E-state index in [1.165, 1.54) is 0 Å². The molecule has 0 amide bonds. The summed E-state index contributed by atoms with van der Waals surface area (Å²) in [5, 5.41) is 13.6. The van der Waals surface area contributed by atoms with E-state index in [9.17, 15) is 5.11 Å². The molecule has 2 atom stereocenters. The second-order valence-corrected chi connectivity index (χ2v) is 4.68. The lowest BCUT2D eigenvalue weighted by molar-refractivity contribution is 0.162. The topological polar surface area (TPSA) is 50.9 Å². The van der Waals surface area contributed by atoms with E-state index in [0.29, 0.717) is 0 Å². The maximum absolute atomic E-state index is 9.52. The number of aliphatic hydroxyl groups excluding tert-OH is 1. The molecule has 0 aromatic carbocycles. The van der Waals surface area contributed by atoms with E-state index in [2.05, 4.69) is 17.0 Å². The number of hydrogen-bond donors (Lipinski definition) is 1. The van der Waals surface area contributed by atoms with Gasteiger partial charge in [0.1, 0.15) is 12.2 Å². The maximum atomic E-state index is 9.52. The molecule has 1 fully saturated rings. The number of hydrogen-bond acceptors (Lipinski definition) is 3. The molecule has 0 saturated heterocycles. The summed E-state index contributed by atoms with van der Waals surface area (Å²) in [6.07, 6.45) is 5.29. The zero-order chi connectivity index (χ0) is 10.2. The number of rotatable bonds is 2. The molecule has 1 heterocycles. The van der Waals surface area contributed by atoms with Crippen LogP contribution in [0, 0.1) is 5.41 Å². The predicted molar refractivity (Wildman–Crippen MR) is 52.7 cm³/mol. The molecule has 1 saturated carbocycles. The van der Waals surface area contributed by atoms with Crippen LogP contribution in [-0.2, 0) is 13.5 Å². The van der Waals surface area contributed by atoms with E-state index in [0.717, 1.165) is 31.5 Å². The van der Waals surface area contributed by atoms with Gasteiger partial charge in [0, 0.05) is 13.5 Å². The number of aromatic nitrogens is 3. The first-order valence-electron chi connectivity index (χ1n) is 5.10. The van der Waals surface area contributed by atoms with Crippen LogP contribution in [-0.4, -0.2) is 26.0 Å². The minimum Gasteiger partial charge on any atom is -0.393 e. The van der Waals surface area contributed by atoms with Gasteiger partial charge in [-0.25, -0.2) is 4.98 Å². The molecular weight excluding hydrogens is 178 g/mol. The third kappa shape index (κ3) is 1.80. The summed E-state index contributed by atoms with van der Waals surface area (Å²) in [7, 11) is 1.91. The fourth-order valence-electron chi connectivity index (χ4n) is 2.31. The van der Waals surface area contributed by atoms with E-state index < -0.39 is 0 Å². The molecule has 4 nitrogen and oxygen atoms in total. The highest BCUT2D eigenvalue weighted by Gasteiger charge is 2.35. The zero-order valence-electron chi connectivity index (χ0n) is 8.77. The lowest BCUT2D eigenvalue weighted by atomic mass is 9.85. The third-order valence-electron chi connectivity index (χ3n) is 3.20. The van der Waals surface area contributed by atoms with Crippen LogP contribution < -0.4 is 0 Å². The quantitative estimate of drug-likeness (QED) is 0.763. The lowest BCUT2D eigenvalue weighted by Crippen LogP contribution is -2.19. The van der Waals surface area contributed by atoms with E-state index in [4.69, 9.17) is 0 Å². The Morgan fingerprint density at radius 3 is 3.00 bits per heavy atom. The minimum atomic E-state index is -0.117. The molecule has 1 aliphatic rings. The molecule has 0 aliphatic heterocycles. The van der Waals surface area contributed by atoms with Crippen molar-refractivity contribution in [3.05, 3.63) is 12.2 Å². The molecule has 4 heteroatoms. The summed E-state index contributed by atoms with van der Waals surface area (Å²) in [6, 6.07) is 0. The summed E-state index contributed by atoms with van der Waals surface area (Å²) < 4.78 is 1.82. The van der Waals surface area contributed by atoms with Crippen molar-refractivity contribution in [3.8, 4) is 0 Å². The predicted octanol–water partition coefficient (Wildman–Crippen LogP) is 0.909. The van der Waals surface area contributed by atoms with Crippen molar-refractivity contribution in [2.45, 2.75) is 38.7 Å². The van der Waals surface area contributed by atoms with E-state index in [-0.39, 0.29) is 11.5 Å². The molecule has 1 aliphatic carbocycles. The molecule has 78 valence electrons. The second-order valence-electron chi connectivity index (χ2n) is 4.68. The Morgan fingerprint density at radius 1 is 1.71 bits per heavy atom. The first-order chi connectivity index (χ1) is 6.59. The van der Waals surface area contributed by atoms with Gasteiger partial charge in [0.2, 0.25) is 0 Å². The SMILES string of the molecule is Cn1ncnc1CC1(C)CCC(O)C1. The van der Waals surface area contributed by atoms with Crippen LogP contribution in [0.25, 0.3) is 0 Å². The van der Waals surface area contributed by atoms with E-state index in [1.54, 1.807) is 6.33 Å². The number of aliphatic hydroxyl groups is 1. The smallest absolute Gasteiger partial charge is 0.138 e. The molecule has 0 bridgehead atoms. The monoisotopic (exact) mass is 195 g/mol. The average Bonchev–Trinajstić information content (AvgIpc) is 2.62. The number of aryl methyl sites for hydroxylation is 1. The largest absolute Gasteiger partial charge is 0.393 e. The Morgan fingerprint density at radius 2 is 2.50 bits per heavy atom. The van der Waals surface area contributed by atoms with Crippen LogP contribution >= 0.6 is 0 Å². The first-order valence-corrected chi connectivity index (χ1v) is 5.10. The highest BCUT2D eigenvalue weighted by molar-refractivity contribution is 4.95. The molecule has 0 spiro atoms. The second kappa shape index (κ2) is 3.35. The van der Waals surface area contributed by atoms with Gasteiger partial charge >= 0.3 is 0 Å². The van der Waals surface area contributed by atoms with Crippen molar-refractivity contribution >= 4 is 0 Å². The van der Waals surface area contributed by atoms with Crippen LogP contribution in [0.2, 0.25) is 0 Å². The van der Waals surface area contributed by atoms with Crippen LogP contribution in [0.4, 0.5) is 0 Å². The zero-order valence-corrected chi connectivity index (χ0v) is 8.77. The van der Waals surface area contributed by atoms with Crippen LogP contribution in [0.5, 0.6) is 0 Å². The highest BCUT2D eigenvalue weighted by atomic mass is 16.3. The summed E-state index contributed by atoms with van der Waals surface area (Å²) in [5.74, 6) is 1.02. The Labute approximate surface area is 84.0 Å². The van der Waals surface area contributed by atoms with Crippen molar-refractivity contribution in [1.29, 1.82) is 0 Å². The minimum absolute atomic E-state index is 0.117. The van der Waals surface area contributed by atoms with E-state index >= 15 is 0 Å². The van der Waals surface area contributed by atoms with Crippen molar-refractivity contribution in [2.75, 3.05) is 0 Å². The summed E-state index contributed by atoms with van der Waals surface area (Å²) in [5.41, 5.74) is 0.209. The maximum Gasteiger partial charge on any atom is 0.138 e. The lowest BCUT2D eigenvalue weighted by Gasteiger charge is -2.22. The van der Waals surface area contributed by atoms with Gasteiger partial charge in [0.25, 0.3) is 0 Å². The fraction of sp³-hybridized carbons (Fsp3) is 0.800. The summed E-state index contributed by atoms with van der Waals surface area (Å²) in [4.78, 5) is 4.22. The normalized spacial score (nSPS) is 32.4. The van der Waals surface area contributed by atoms with Gasteiger partial charge in [0.05, 0.1) is 6.10 Å². The van der Waals surface area contributed by atoms with Crippen molar-refractivity contribution in [1.82, 2.24) is 14.8 Å². The van der Waals surface area contributed by atoms with Gasteiger partial charge < -0.3 is 5.11 Å².